The number of aryl methyl sites for hydroxylation is 1. The van der Waals surface area contributed by atoms with Crippen molar-refractivity contribution in [2.45, 2.75) is 19.8 Å². The molecular weight excluding hydrogens is 242 g/mol. The standard InChI is InChI=1S/C15H19NO3/c1-11-2-3-13-14(10-11)19-9-6-16(13)15(17)12-4-7-18-8-5-12/h2-3,10,12H,4-9H2,1H3. The summed E-state index contributed by atoms with van der Waals surface area (Å²) in [6.07, 6.45) is 1.66. The van der Waals surface area contributed by atoms with E-state index >= 15 is 0 Å². The summed E-state index contributed by atoms with van der Waals surface area (Å²) in [4.78, 5) is 14.5. The molecule has 1 amide bonds. The van der Waals surface area contributed by atoms with E-state index in [9.17, 15) is 4.79 Å². The Labute approximate surface area is 113 Å². The molecule has 3 rings (SSSR count). The molecule has 2 aliphatic rings. The van der Waals surface area contributed by atoms with Crippen LogP contribution in [0.2, 0.25) is 0 Å². The number of hydrogen-bond donors (Lipinski definition) is 0. The van der Waals surface area contributed by atoms with Crippen LogP contribution in [0.4, 0.5) is 5.69 Å². The maximum absolute atomic E-state index is 12.6. The van der Waals surface area contributed by atoms with Gasteiger partial charge < -0.3 is 14.4 Å². The fraction of sp³-hybridized carbons (Fsp3) is 0.533. The molecule has 2 aliphatic heterocycles. The molecule has 2 heterocycles. The summed E-state index contributed by atoms with van der Waals surface area (Å²) < 4.78 is 11.0. The second-order valence-corrected chi connectivity index (χ2v) is 5.20. The van der Waals surface area contributed by atoms with Gasteiger partial charge in [0.25, 0.3) is 0 Å². The molecule has 0 radical (unpaired) electrons. The number of hydrogen-bond acceptors (Lipinski definition) is 3. The summed E-state index contributed by atoms with van der Waals surface area (Å²) in [6, 6.07) is 6.01. The first kappa shape index (κ1) is 12.5. The van der Waals surface area contributed by atoms with Crippen molar-refractivity contribution in [2.24, 2.45) is 5.92 Å². The Morgan fingerprint density at radius 1 is 1.26 bits per heavy atom. The molecule has 0 N–H and O–H groups in total. The highest BCUT2D eigenvalue weighted by molar-refractivity contribution is 5.96. The first-order chi connectivity index (χ1) is 9.25. The first-order valence-corrected chi connectivity index (χ1v) is 6.88. The van der Waals surface area contributed by atoms with Crippen LogP contribution in [0.3, 0.4) is 0 Å². The highest BCUT2D eigenvalue weighted by Crippen LogP contribution is 2.34. The van der Waals surface area contributed by atoms with E-state index in [-0.39, 0.29) is 11.8 Å². The fourth-order valence-electron chi connectivity index (χ4n) is 2.72. The average Bonchev–Trinajstić information content (AvgIpc) is 2.46. The van der Waals surface area contributed by atoms with Crippen LogP contribution < -0.4 is 9.64 Å². The third-order valence-corrected chi connectivity index (χ3v) is 3.82. The Hall–Kier alpha value is -1.55. The van der Waals surface area contributed by atoms with Crippen molar-refractivity contribution in [1.82, 2.24) is 0 Å². The topological polar surface area (TPSA) is 38.8 Å². The van der Waals surface area contributed by atoms with Gasteiger partial charge in [-0.05, 0) is 37.5 Å². The molecule has 1 saturated heterocycles. The Bertz CT molecular complexity index is 480. The number of anilines is 1. The molecule has 0 saturated carbocycles. The predicted octanol–water partition coefficient (Wildman–Crippen LogP) is 2.15. The van der Waals surface area contributed by atoms with Gasteiger partial charge in [-0.15, -0.1) is 0 Å². The summed E-state index contributed by atoms with van der Waals surface area (Å²) in [6.45, 7) is 4.64. The van der Waals surface area contributed by atoms with Crippen molar-refractivity contribution < 1.29 is 14.3 Å². The predicted molar refractivity (Wildman–Crippen MR) is 72.6 cm³/mol. The summed E-state index contributed by atoms with van der Waals surface area (Å²) in [5, 5.41) is 0. The number of nitrogens with zero attached hydrogens (tertiary/aromatic N) is 1. The molecule has 4 nitrogen and oxygen atoms in total. The molecule has 102 valence electrons. The minimum atomic E-state index is 0.0982. The molecule has 1 aromatic carbocycles. The lowest BCUT2D eigenvalue weighted by Gasteiger charge is -2.33. The minimum absolute atomic E-state index is 0.0982. The Balaban J connectivity index is 1.84. The molecule has 0 aromatic heterocycles. The van der Waals surface area contributed by atoms with Crippen LogP contribution >= 0.6 is 0 Å². The average molecular weight is 261 g/mol. The van der Waals surface area contributed by atoms with Gasteiger partial charge in [0.1, 0.15) is 12.4 Å². The van der Waals surface area contributed by atoms with Crippen molar-refractivity contribution in [3.8, 4) is 5.75 Å². The zero-order chi connectivity index (χ0) is 13.2. The van der Waals surface area contributed by atoms with Gasteiger partial charge >= 0.3 is 0 Å². The highest BCUT2D eigenvalue weighted by Gasteiger charge is 2.30. The lowest BCUT2D eigenvalue weighted by molar-refractivity contribution is -0.125. The second kappa shape index (κ2) is 5.21. The smallest absolute Gasteiger partial charge is 0.230 e. The van der Waals surface area contributed by atoms with E-state index in [1.165, 1.54) is 0 Å². The van der Waals surface area contributed by atoms with Gasteiger partial charge in [-0.2, -0.15) is 0 Å². The number of carbonyl (C=O) groups is 1. The SMILES string of the molecule is Cc1ccc2c(c1)OCCN2C(=O)C1CCOCC1. The molecular formula is C15H19NO3. The Kier molecular flexibility index (Phi) is 3.42. The van der Waals surface area contributed by atoms with Crippen LogP contribution in [-0.2, 0) is 9.53 Å². The molecule has 0 spiro atoms. The number of rotatable bonds is 1. The van der Waals surface area contributed by atoms with Gasteiger partial charge in [-0.25, -0.2) is 0 Å². The Morgan fingerprint density at radius 2 is 2.05 bits per heavy atom. The van der Waals surface area contributed by atoms with Gasteiger partial charge in [0.05, 0.1) is 12.2 Å². The van der Waals surface area contributed by atoms with Crippen molar-refractivity contribution in [2.75, 3.05) is 31.3 Å². The van der Waals surface area contributed by atoms with Crippen LogP contribution in [0.25, 0.3) is 0 Å². The summed E-state index contributed by atoms with van der Waals surface area (Å²) in [5.41, 5.74) is 2.06. The first-order valence-electron chi connectivity index (χ1n) is 6.88. The maximum atomic E-state index is 12.6. The van der Waals surface area contributed by atoms with Crippen molar-refractivity contribution in [3.05, 3.63) is 23.8 Å². The van der Waals surface area contributed by atoms with Crippen molar-refractivity contribution in [3.63, 3.8) is 0 Å². The number of fused-ring (bicyclic) bond motifs is 1. The summed E-state index contributed by atoms with van der Waals surface area (Å²) in [7, 11) is 0. The van der Waals surface area contributed by atoms with Gasteiger partial charge in [0.2, 0.25) is 5.91 Å². The highest BCUT2D eigenvalue weighted by atomic mass is 16.5. The van der Waals surface area contributed by atoms with Gasteiger partial charge in [0.15, 0.2) is 0 Å². The maximum Gasteiger partial charge on any atom is 0.230 e. The summed E-state index contributed by atoms with van der Waals surface area (Å²) >= 11 is 0. The number of ether oxygens (including phenoxy) is 2. The van der Waals surface area contributed by atoms with E-state index < -0.39 is 0 Å². The Morgan fingerprint density at radius 3 is 2.84 bits per heavy atom. The molecule has 19 heavy (non-hydrogen) atoms. The van der Waals surface area contributed by atoms with Gasteiger partial charge in [-0.3, -0.25) is 4.79 Å². The van der Waals surface area contributed by atoms with E-state index in [0.29, 0.717) is 26.4 Å². The van der Waals surface area contributed by atoms with Crippen molar-refractivity contribution >= 4 is 11.6 Å². The molecule has 1 fully saturated rings. The molecule has 0 unspecified atom stereocenters. The van der Waals surface area contributed by atoms with E-state index in [1.807, 2.05) is 30.0 Å². The van der Waals surface area contributed by atoms with Crippen LogP contribution in [-0.4, -0.2) is 32.3 Å². The lowest BCUT2D eigenvalue weighted by Crippen LogP contribution is -2.43. The third-order valence-electron chi connectivity index (χ3n) is 3.82. The summed E-state index contributed by atoms with van der Waals surface area (Å²) in [5.74, 6) is 1.14. The third kappa shape index (κ3) is 2.45. The van der Waals surface area contributed by atoms with Crippen LogP contribution in [0, 0.1) is 12.8 Å². The van der Waals surface area contributed by atoms with Crippen LogP contribution in [0.5, 0.6) is 5.75 Å². The van der Waals surface area contributed by atoms with E-state index in [2.05, 4.69) is 0 Å². The quantitative estimate of drug-likeness (QED) is 0.777. The van der Waals surface area contributed by atoms with Crippen molar-refractivity contribution in [1.29, 1.82) is 0 Å². The zero-order valence-corrected chi connectivity index (χ0v) is 11.2. The molecule has 4 heteroatoms. The number of benzene rings is 1. The zero-order valence-electron chi connectivity index (χ0n) is 11.2. The van der Waals surface area contributed by atoms with E-state index in [0.717, 1.165) is 29.8 Å². The number of carbonyl (C=O) groups excluding carboxylic acids is 1. The van der Waals surface area contributed by atoms with Gasteiger partial charge in [-0.1, -0.05) is 6.07 Å². The van der Waals surface area contributed by atoms with E-state index in [4.69, 9.17) is 9.47 Å². The second-order valence-electron chi connectivity index (χ2n) is 5.20. The van der Waals surface area contributed by atoms with Crippen LogP contribution in [0.15, 0.2) is 18.2 Å². The normalized spacial score (nSPS) is 19.7. The monoisotopic (exact) mass is 261 g/mol. The molecule has 0 aliphatic carbocycles. The number of amides is 1. The van der Waals surface area contributed by atoms with Gasteiger partial charge in [0, 0.05) is 19.1 Å². The molecule has 0 bridgehead atoms. The lowest BCUT2D eigenvalue weighted by atomic mass is 9.98. The molecule has 0 atom stereocenters. The fourth-order valence-corrected chi connectivity index (χ4v) is 2.72. The molecule has 1 aromatic rings. The van der Waals surface area contributed by atoms with E-state index in [1.54, 1.807) is 0 Å². The van der Waals surface area contributed by atoms with Crippen LogP contribution in [0.1, 0.15) is 18.4 Å². The largest absolute Gasteiger partial charge is 0.490 e. The minimum Gasteiger partial charge on any atom is -0.490 e.